The Labute approximate surface area is 708 Å². The van der Waals surface area contributed by atoms with Crippen LogP contribution in [0.5, 0.6) is 0 Å². The minimum atomic E-state index is -0.478. The Bertz CT molecular complexity index is 5840. The third-order valence-corrected chi connectivity index (χ3v) is 21.7. The van der Waals surface area contributed by atoms with Crippen molar-refractivity contribution in [2.24, 2.45) is 0 Å². The van der Waals surface area contributed by atoms with E-state index in [1.807, 2.05) is 26.8 Å². The fourth-order valence-corrected chi connectivity index (χ4v) is 13.9. The van der Waals surface area contributed by atoms with Crippen LogP contribution in [-0.2, 0) is 48.7 Å². The van der Waals surface area contributed by atoms with Gasteiger partial charge in [-0.25, -0.2) is 0 Å². The van der Waals surface area contributed by atoms with Gasteiger partial charge in [0.1, 0.15) is 0 Å². The lowest BCUT2D eigenvalue weighted by atomic mass is 9.77. The zero-order chi connectivity index (χ0) is 91.9. The zero-order valence-electron chi connectivity index (χ0n) is 83.7. The molecule has 0 radical (unpaired) electrons. The van der Waals surface area contributed by atoms with E-state index in [9.17, 15) is 0 Å². The van der Waals surface area contributed by atoms with Gasteiger partial charge in [-0.15, -0.1) is 0 Å². The van der Waals surface area contributed by atoms with Crippen molar-refractivity contribution in [2.75, 3.05) is 0 Å². The number of hydrogen-bond donors (Lipinski definition) is 0. The van der Waals surface area contributed by atoms with Gasteiger partial charge in [0.25, 0.3) is 0 Å². The van der Waals surface area contributed by atoms with Crippen molar-refractivity contribution in [1.82, 2.24) is 0 Å². The van der Waals surface area contributed by atoms with E-state index in [2.05, 4.69) is 391 Å². The second kappa shape index (κ2) is 34.7. The highest BCUT2D eigenvalue weighted by Crippen LogP contribution is 2.43. The summed E-state index contributed by atoms with van der Waals surface area (Å²) in [6.07, 6.45) is 0. The van der Waals surface area contributed by atoms with Gasteiger partial charge < -0.3 is 0 Å². The van der Waals surface area contributed by atoms with E-state index in [0.29, 0.717) is 11.1 Å². The van der Waals surface area contributed by atoms with Crippen LogP contribution >= 0.6 is 0 Å². The molecule has 0 bridgehead atoms. The van der Waals surface area contributed by atoms with Gasteiger partial charge in [0.2, 0.25) is 0 Å². The molecule has 0 amide bonds. The van der Waals surface area contributed by atoms with Crippen LogP contribution in [0.2, 0.25) is 0 Å². The minimum absolute atomic E-state index is 0.0331. The van der Waals surface area contributed by atoms with E-state index in [0.717, 1.165) is 5.56 Å². The van der Waals surface area contributed by atoms with Crippen molar-refractivity contribution >= 4 is 32.3 Å². The van der Waals surface area contributed by atoms with E-state index in [-0.39, 0.29) is 102 Å². The molecule has 0 fully saturated rings. The third kappa shape index (κ3) is 22.9. The van der Waals surface area contributed by atoms with E-state index in [1.54, 1.807) is 18.2 Å². The lowest BCUT2D eigenvalue weighted by Gasteiger charge is -2.28. The van der Waals surface area contributed by atoms with Gasteiger partial charge in [-0.1, -0.05) is 477 Å². The Balaban J connectivity index is 0.000000169. The Morgan fingerprint density at radius 2 is 0.409 bits per heavy atom. The molecule has 14 aromatic carbocycles. The van der Waals surface area contributed by atoms with Crippen LogP contribution in [0.3, 0.4) is 0 Å². The zero-order valence-corrected chi connectivity index (χ0v) is 74.7. The number of rotatable bonds is 6. The summed E-state index contributed by atoms with van der Waals surface area (Å²) in [5.41, 5.74) is 24.1. The second-order valence-corrected chi connectivity index (χ2v) is 40.7. The van der Waals surface area contributed by atoms with Crippen LogP contribution in [0.1, 0.15) is 255 Å². The quantitative estimate of drug-likeness (QED) is 0.146. The van der Waals surface area contributed by atoms with Gasteiger partial charge in [-0.3, -0.25) is 0 Å². The summed E-state index contributed by atoms with van der Waals surface area (Å²) >= 11 is 0. The van der Waals surface area contributed by atoms with Gasteiger partial charge in [0.05, 0.1) is 12.3 Å². The molecule has 14 rings (SSSR count). The van der Waals surface area contributed by atoms with E-state index >= 15 is 0 Å². The molecule has 0 aromatic heterocycles. The number of hydrogen-bond acceptors (Lipinski definition) is 0. The molecule has 0 nitrogen and oxygen atoms in total. The van der Waals surface area contributed by atoms with E-state index in [1.165, 1.54) is 128 Å². The summed E-state index contributed by atoms with van der Waals surface area (Å²) in [6.45, 7) is 62.5. The van der Waals surface area contributed by atoms with Crippen LogP contribution in [0.4, 0.5) is 0 Å². The molecule has 0 aliphatic heterocycles. The molecule has 0 heterocycles. The van der Waals surface area contributed by atoms with Gasteiger partial charge in [0, 0.05) is 0 Å². The molecule has 115 heavy (non-hydrogen) atoms. The Hall–Kier alpha value is -10.1. The molecule has 0 aliphatic carbocycles. The highest BCUT2D eigenvalue weighted by Gasteiger charge is 2.27. The fourth-order valence-electron chi connectivity index (χ4n) is 13.9. The van der Waals surface area contributed by atoms with Crippen molar-refractivity contribution in [1.29, 1.82) is 0 Å². The van der Waals surface area contributed by atoms with Gasteiger partial charge in [-0.05, 0) is 223 Å². The molecule has 0 N–H and O–H groups in total. The number of fused-ring (bicyclic) bond motifs is 6. The predicted molar refractivity (Wildman–Crippen MR) is 510 cm³/mol. The van der Waals surface area contributed by atoms with Gasteiger partial charge in [-0.2, -0.15) is 0 Å². The lowest BCUT2D eigenvalue weighted by Crippen LogP contribution is -2.17. The Morgan fingerprint density at radius 3 is 0.765 bits per heavy atom. The normalized spacial score (nSPS) is 13.4. The first kappa shape index (κ1) is 74.9. The Morgan fingerprint density at radius 1 is 0.157 bits per heavy atom. The van der Waals surface area contributed by atoms with Crippen molar-refractivity contribution in [3.05, 3.63) is 359 Å². The molecule has 0 unspecified atom stereocenters. The van der Waals surface area contributed by atoms with Gasteiger partial charge in [0.15, 0.2) is 0 Å². The molecule has 0 heteroatoms. The fraction of sp³-hybridized carbons (Fsp3) is 0.322. The largest absolute Gasteiger partial charge is 0.0629 e. The average molecular weight is 1530 g/mol. The van der Waals surface area contributed by atoms with Crippen molar-refractivity contribution < 1.29 is 12.3 Å². The summed E-state index contributed by atoms with van der Waals surface area (Å²) in [5.74, 6) is 0. The topological polar surface area (TPSA) is 0 Å². The van der Waals surface area contributed by atoms with Crippen LogP contribution in [0.15, 0.2) is 303 Å². The smallest absolute Gasteiger partial charge is 0.0622 e. The first-order chi connectivity index (χ1) is 57.3. The predicted octanol–water partition coefficient (Wildman–Crippen LogP) is 33.9. The van der Waals surface area contributed by atoms with Crippen molar-refractivity contribution in [2.45, 2.75) is 243 Å². The highest BCUT2D eigenvalue weighted by atomic mass is 14.3. The van der Waals surface area contributed by atoms with Crippen LogP contribution < -0.4 is 0 Å². The average Bonchev–Trinajstić information content (AvgIpc) is 0.739. The second-order valence-electron chi connectivity index (χ2n) is 40.7. The molecule has 0 spiro atoms. The maximum atomic E-state index is 8.44. The Kier molecular flexibility index (Phi) is 22.6. The highest BCUT2D eigenvalue weighted by molar-refractivity contribution is 6.25. The first-order valence-electron chi connectivity index (χ1n) is 45.8. The minimum Gasteiger partial charge on any atom is -0.0622 e. The monoisotopic (exact) mass is 1520 g/mol. The van der Waals surface area contributed by atoms with Crippen LogP contribution in [-0.4, -0.2) is 0 Å². The molecule has 0 saturated heterocycles. The van der Waals surface area contributed by atoms with E-state index in [4.69, 9.17) is 12.3 Å². The summed E-state index contributed by atoms with van der Waals surface area (Å²) in [5, 5.41) is 8.09. The number of benzene rings is 14. The third-order valence-electron chi connectivity index (χ3n) is 21.7. The summed E-state index contributed by atoms with van der Waals surface area (Å²) in [7, 11) is 0. The molecule has 14 aromatic rings. The molecule has 0 atom stereocenters. The summed E-state index contributed by atoms with van der Waals surface area (Å²) in [6, 6.07) is 87.4. The van der Waals surface area contributed by atoms with E-state index < -0.39 is 18.1 Å². The lowest BCUT2D eigenvalue weighted by molar-refractivity contribution is 0.568. The molecular weight excluding hydrogens is 1380 g/mol. The molecule has 594 valence electrons. The van der Waals surface area contributed by atoms with Gasteiger partial charge >= 0.3 is 0 Å². The SMILES string of the molecule is CC(C)(C)c1cc(-c2cc(C(C)(C)C)cc(C(C)(C)C)c2)cc(-c2cc(C(C)(C)C)cc(C(C)(C)C)c2)c1.CC(C)(C)c1ccc(-c2ccccc2)cc1.CC(C)(C)c1ccc2c3ccccc3c3ccccc3c2c1.CC(C)(C)c1cccc(-c2ccccc2)c1.[2H]c1c([2H])c([2H])c(-c2cc(-c3c([2H])c([2H])c(C)c([2H])c3[2H])cc(C(C)(C)C)c2)c([2H])c1[2H]. The standard InChI is InChI=1S/C38H54.C23H24.C22H20.2C16H18/c1-34(2,3)29-17-25(27-19-30(35(4,5)6)23-31(20-27)36(7,8)9)16-26(18-29)28-21-32(37(10,11)12)24-33(22-28)38(13,14)15;1-17-10-12-19(13-11-17)21-14-20(18-8-6-5-7-9-18)15-22(16-21)23(2,3)4;1-22(2,3)15-12-13-20-18-10-5-4-8-16(18)17-9-6-7-11-19(17)21(20)14-15;1-16(2,3)15-11-7-10-14(12-15)13-8-5-4-6-9-13;1-16(2,3)15-11-9-14(10-12-15)13-7-5-4-6-8-13/h16-24H,1-15H3;5-16H,1-4H3;4-14H,1-3H3;2*4-12H,1-3H3/i;5D,6D,7D,8D,9D,10D,11D,12D,13D;;;. The maximum absolute atomic E-state index is 8.44. The summed E-state index contributed by atoms with van der Waals surface area (Å²) in [4.78, 5) is 0. The van der Waals surface area contributed by atoms with Crippen LogP contribution in [0, 0.1) is 6.92 Å². The molecular formula is C115H134. The molecule has 0 saturated carbocycles. The van der Waals surface area contributed by atoms with Crippen molar-refractivity contribution in [3.8, 4) is 66.8 Å². The first-order valence-corrected chi connectivity index (χ1v) is 41.3. The van der Waals surface area contributed by atoms with Crippen molar-refractivity contribution in [3.63, 3.8) is 0 Å². The summed E-state index contributed by atoms with van der Waals surface area (Å²) < 4.78 is 73.8. The maximum Gasteiger partial charge on any atom is 0.0629 e. The van der Waals surface area contributed by atoms with Crippen LogP contribution in [0.25, 0.3) is 99.1 Å². The molecule has 0 aliphatic rings.